The summed E-state index contributed by atoms with van der Waals surface area (Å²) in [6.45, 7) is 6.47. The molecule has 0 radical (unpaired) electrons. The van der Waals surface area contributed by atoms with Crippen LogP contribution >= 0.6 is 11.6 Å². The van der Waals surface area contributed by atoms with E-state index in [0.29, 0.717) is 10.8 Å². The van der Waals surface area contributed by atoms with Crippen molar-refractivity contribution in [1.82, 2.24) is 9.88 Å². The molecular formula is C15H21ClFN3O. The minimum Gasteiger partial charge on any atom is -0.381 e. The summed E-state index contributed by atoms with van der Waals surface area (Å²) < 4.78 is 19.3. The van der Waals surface area contributed by atoms with Gasteiger partial charge in [0.15, 0.2) is 11.6 Å². The zero-order chi connectivity index (χ0) is 14.7. The Morgan fingerprint density at radius 2 is 1.95 bits per heavy atom. The molecule has 6 heteroatoms. The molecule has 2 fully saturated rings. The van der Waals surface area contributed by atoms with Crippen LogP contribution in [0.3, 0.4) is 0 Å². The van der Waals surface area contributed by atoms with Crippen LogP contribution in [-0.4, -0.2) is 55.8 Å². The third-order valence-electron chi connectivity index (χ3n) is 4.32. The minimum atomic E-state index is -0.333. The highest BCUT2D eigenvalue weighted by atomic mass is 35.5. The van der Waals surface area contributed by atoms with Crippen molar-refractivity contribution < 1.29 is 9.13 Å². The Morgan fingerprint density at radius 3 is 2.62 bits per heavy atom. The second kappa shape index (κ2) is 6.90. The van der Waals surface area contributed by atoms with Crippen LogP contribution in [0.5, 0.6) is 0 Å². The molecule has 0 amide bonds. The van der Waals surface area contributed by atoms with Gasteiger partial charge in [0, 0.05) is 52.1 Å². The molecule has 1 aromatic rings. The Hall–Kier alpha value is -0.910. The maximum absolute atomic E-state index is 13.9. The van der Waals surface area contributed by atoms with E-state index in [1.165, 1.54) is 12.3 Å². The van der Waals surface area contributed by atoms with E-state index in [4.69, 9.17) is 16.3 Å². The first-order valence-electron chi connectivity index (χ1n) is 7.58. The maximum Gasteiger partial charge on any atom is 0.167 e. The zero-order valence-electron chi connectivity index (χ0n) is 12.1. The number of hydrogen-bond donors (Lipinski definition) is 0. The predicted octanol–water partition coefficient (Wildman–Crippen LogP) is 2.42. The lowest BCUT2D eigenvalue weighted by Gasteiger charge is -2.37. The van der Waals surface area contributed by atoms with Gasteiger partial charge in [0.05, 0.1) is 5.02 Å². The van der Waals surface area contributed by atoms with E-state index in [-0.39, 0.29) is 5.82 Å². The third-order valence-corrected chi connectivity index (χ3v) is 4.52. The Morgan fingerprint density at radius 1 is 1.24 bits per heavy atom. The molecular weight excluding hydrogens is 293 g/mol. The Balaban J connectivity index is 1.52. The number of piperazine rings is 1. The van der Waals surface area contributed by atoms with Gasteiger partial charge in [-0.25, -0.2) is 9.37 Å². The highest BCUT2D eigenvalue weighted by Crippen LogP contribution is 2.22. The summed E-state index contributed by atoms with van der Waals surface area (Å²) in [6.07, 6.45) is 3.83. The van der Waals surface area contributed by atoms with Gasteiger partial charge in [0.1, 0.15) is 0 Å². The summed E-state index contributed by atoms with van der Waals surface area (Å²) in [7, 11) is 0. The Labute approximate surface area is 129 Å². The summed E-state index contributed by atoms with van der Waals surface area (Å²) in [5.74, 6) is 0.834. The molecule has 1 aromatic heterocycles. The van der Waals surface area contributed by atoms with Gasteiger partial charge in [0.2, 0.25) is 0 Å². The monoisotopic (exact) mass is 313 g/mol. The zero-order valence-corrected chi connectivity index (χ0v) is 12.9. The average molecular weight is 314 g/mol. The number of ether oxygens (including phenoxy) is 1. The molecule has 0 bridgehead atoms. The smallest absolute Gasteiger partial charge is 0.167 e. The molecule has 3 heterocycles. The fourth-order valence-electron chi connectivity index (χ4n) is 3.08. The van der Waals surface area contributed by atoms with Gasteiger partial charge < -0.3 is 9.64 Å². The van der Waals surface area contributed by atoms with Crippen LogP contribution in [-0.2, 0) is 4.74 Å². The Kier molecular flexibility index (Phi) is 4.93. The van der Waals surface area contributed by atoms with Gasteiger partial charge >= 0.3 is 0 Å². The van der Waals surface area contributed by atoms with Crippen LogP contribution in [0.1, 0.15) is 12.8 Å². The van der Waals surface area contributed by atoms with Crippen molar-refractivity contribution in [2.75, 3.05) is 50.8 Å². The topological polar surface area (TPSA) is 28.6 Å². The van der Waals surface area contributed by atoms with E-state index in [9.17, 15) is 4.39 Å². The highest BCUT2D eigenvalue weighted by Gasteiger charge is 2.23. The maximum atomic E-state index is 13.9. The van der Waals surface area contributed by atoms with Gasteiger partial charge in [0.25, 0.3) is 0 Å². The highest BCUT2D eigenvalue weighted by molar-refractivity contribution is 6.30. The molecule has 0 N–H and O–H groups in total. The fraction of sp³-hybridized carbons (Fsp3) is 0.667. The van der Waals surface area contributed by atoms with Crippen LogP contribution in [0.15, 0.2) is 12.3 Å². The molecule has 4 nitrogen and oxygen atoms in total. The van der Waals surface area contributed by atoms with Crippen LogP contribution in [0, 0.1) is 11.7 Å². The van der Waals surface area contributed by atoms with E-state index in [2.05, 4.69) is 9.88 Å². The van der Waals surface area contributed by atoms with Crippen molar-refractivity contribution in [1.29, 1.82) is 0 Å². The summed E-state index contributed by atoms with van der Waals surface area (Å²) >= 11 is 5.75. The summed E-state index contributed by atoms with van der Waals surface area (Å²) in [4.78, 5) is 8.60. The average Bonchev–Trinajstić information content (AvgIpc) is 2.49. The Bertz CT molecular complexity index is 474. The summed E-state index contributed by atoms with van der Waals surface area (Å²) in [5, 5.41) is 0.342. The molecule has 0 unspecified atom stereocenters. The molecule has 0 saturated carbocycles. The SMILES string of the molecule is Fc1cc(Cl)cnc1N1CCN(CC2CCOCC2)CC1. The standard InChI is InChI=1S/C15H21ClFN3O/c16-13-9-14(17)15(18-10-13)20-5-3-19(4-6-20)11-12-1-7-21-8-2-12/h9-10,12H,1-8,11H2. The third kappa shape index (κ3) is 3.84. The van der Waals surface area contributed by atoms with Crippen molar-refractivity contribution in [3.05, 3.63) is 23.1 Å². The van der Waals surface area contributed by atoms with E-state index in [0.717, 1.165) is 64.7 Å². The van der Waals surface area contributed by atoms with Crippen LogP contribution < -0.4 is 4.90 Å². The quantitative estimate of drug-likeness (QED) is 0.857. The van der Waals surface area contributed by atoms with Crippen molar-refractivity contribution in [2.45, 2.75) is 12.8 Å². The van der Waals surface area contributed by atoms with Crippen molar-refractivity contribution >= 4 is 17.4 Å². The summed E-state index contributed by atoms with van der Waals surface area (Å²) in [5.41, 5.74) is 0. The first-order chi connectivity index (χ1) is 10.2. The molecule has 2 aliphatic heterocycles. The van der Waals surface area contributed by atoms with Crippen LogP contribution in [0.4, 0.5) is 10.2 Å². The van der Waals surface area contributed by atoms with Crippen LogP contribution in [0.25, 0.3) is 0 Å². The normalized spacial score (nSPS) is 21.7. The van der Waals surface area contributed by atoms with Crippen molar-refractivity contribution in [3.63, 3.8) is 0 Å². The summed E-state index contributed by atoms with van der Waals surface area (Å²) in [6, 6.07) is 1.33. The van der Waals surface area contributed by atoms with E-state index in [1.807, 2.05) is 4.90 Å². The number of anilines is 1. The molecule has 21 heavy (non-hydrogen) atoms. The minimum absolute atomic E-state index is 0.333. The van der Waals surface area contributed by atoms with Crippen molar-refractivity contribution in [3.8, 4) is 0 Å². The van der Waals surface area contributed by atoms with E-state index < -0.39 is 0 Å². The number of nitrogens with zero attached hydrogens (tertiary/aromatic N) is 3. The van der Waals surface area contributed by atoms with Gasteiger partial charge in [-0.3, -0.25) is 4.90 Å². The predicted molar refractivity (Wildman–Crippen MR) is 81.4 cm³/mol. The second-order valence-corrected chi connectivity index (χ2v) is 6.24. The first-order valence-corrected chi connectivity index (χ1v) is 7.96. The molecule has 0 spiro atoms. The van der Waals surface area contributed by atoms with Gasteiger partial charge in [-0.15, -0.1) is 0 Å². The molecule has 3 rings (SSSR count). The lowest BCUT2D eigenvalue weighted by atomic mass is 9.99. The molecule has 0 aliphatic carbocycles. The molecule has 2 aliphatic rings. The molecule has 116 valence electrons. The van der Waals surface area contributed by atoms with E-state index >= 15 is 0 Å². The number of halogens is 2. The molecule has 2 saturated heterocycles. The number of pyridine rings is 1. The number of rotatable bonds is 3. The number of hydrogen-bond acceptors (Lipinski definition) is 4. The lowest BCUT2D eigenvalue weighted by molar-refractivity contribution is 0.0517. The molecule has 0 aromatic carbocycles. The van der Waals surface area contributed by atoms with Gasteiger partial charge in [-0.2, -0.15) is 0 Å². The fourth-order valence-corrected chi connectivity index (χ4v) is 3.22. The lowest BCUT2D eigenvalue weighted by Crippen LogP contribution is -2.48. The molecule has 0 atom stereocenters. The van der Waals surface area contributed by atoms with Crippen LogP contribution in [0.2, 0.25) is 5.02 Å². The van der Waals surface area contributed by atoms with Gasteiger partial charge in [-0.05, 0) is 24.8 Å². The van der Waals surface area contributed by atoms with E-state index in [1.54, 1.807) is 0 Å². The largest absolute Gasteiger partial charge is 0.381 e. The van der Waals surface area contributed by atoms with Gasteiger partial charge in [-0.1, -0.05) is 11.6 Å². The number of aromatic nitrogens is 1. The van der Waals surface area contributed by atoms with Crippen molar-refractivity contribution in [2.24, 2.45) is 5.92 Å². The first kappa shape index (κ1) is 15.0. The second-order valence-electron chi connectivity index (χ2n) is 5.80.